The van der Waals surface area contributed by atoms with Crippen LogP contribution in [0.5, 0.6) is 0 Å². The van der Waals surface area contributed by atoms with Crippen molar-refractivity contribution >= 4 is 5.97 Å². The van der Waals surface area contributed by atoms with Crippen molar-refractivity contribution in [2.24, 2.45) is 0 Å². The molecular weight excluding hydrogens is 208 g/mol. The highest BCUT2D eigenvalue weighted by Crippen LogP contribution is 2.00. The summed E-state index contributed by atoms with van der Waals surface area (Å²) >= 11 is 0. The molecule has 0 radical (unpaired) electrons. The number of aromatic carboxylic acids is 1. The van der Waals surface area contributed by atoms with Gasteiger partial charge in [-0.25, -0.2) is 9.78 Å². The highest BCUT2D eigenvalue weighted by atomic mass is 16.4. The maximum atomic E-state index is 10.7. The summed E-state index contributed by atoms with van der Waals surface area (Å²) in [7, 11) is 0. The first-order valence-corrected chi connectivity index (χ1v) is 5.17. The average molecular weight is 224 g/mol. The predicted octanol–water partition coefficient (Wildman–Crippen LogP) is 0.640. The quantitative estimate of drug-likeness (QED) is 0.660. The molecule has 1 aromatic heterocycles. The number of carboxylic acids is 1. The Morgan fingerprint density at radius 2 is 2.31 bits per heavy atom. The predicted molar refractivity (Wildman–Crippen MR) is 59.2 cm³/mol. The van der Waals surface area contributed by atoms with Gasteiger partial charge in [0.15, 0.2) is 0 Å². The van der Waals surface area contributed by atoms with E-state index in [0.717, 1.165) is 0 Å². The molecule has 0 amide bonds. The molecule has 0 aliphatic rings. The summed E-state index contributed by atoms with van der Waals surface area (Å²) < 4.78 is 0. The standard InChI is InChI=1S/C11H16N2O3/c1-8(5-6-14)12-7-9-3-2-4-10(13-9)11(15)16/h2-4,8,12,14H,5-7H2,1H3,(H,15,16). The topological polar surface area (TPSA) is 82.5 Å². The van der Waals surface area contributed by atoms with Gasteiger partial charge in [-0.05, 0) is 25.5 Å². The van der Waals surface area contributed by atoms with Crippen molar-refractivity contribution in [3.63, 3.8) is 0 Å². The van der Waals surface area contributed by atoms with Gasteiger partial charge in [0, 0.05) is 19.2 Å². The van der Waals surface area contributed by atoms with Crippen molar-refractivity contribution in [2.45, 2.75) is 25.9 Å². The van der Waals surface area contributed by atoms with Gasteiger partial charge in [-0.2, -0.15) is 0 Å². The second-order valence-electron chi connectivity index (χ2n) is 3.61. The monoisotopic (exact) mass is 224 g/mol. The van der Waals surface area contributed by atoms with E-state index in [0.29, 0.717) is 18.7 Å². The average Bonchev–Trinajstić information content (AvgIpc) is 2.27. The summed E-state index contributed by atoms with van der Waals surface area (Å²) in [5.41, 5.74) is 0.735. The van der Waals surface area contributed by atoms with Crippen LogP contribution in [-0.2, 0) is 6.54 Å². The Bertz CT molecular complexity index is 355. The molecule has 0 aromatic carbocycles. The third kappa shape index (κ3) is 3.96. The van der Waals surface area contributed by atoms with Gasteiger partial charge in [-0.3, -0.25) is 0 Å². The Labute approximate surface area is 94.1 Å². The first-order chi connectivity index (χ1) is 7.63. The maximum Gasteiger partial charge on any atom is 0.354 e. The smallest absolute Gasteiger partial charge is 0.354 e. The fraction of sp³-hybridized carbons (Fsp3) is 0.455. The zero-order valence-corrected chi connectivity index (χ0v) is 9.18. The molecule has 1 unspecified atom stereocenters. The van der Waals surface area contributed by atoms with Gasteiger partial charge >= 0.3 is 5.97 Å². The summed E-state index contributed by atoms with van der Waals surface area (Å²) in [6, 6.07) is 5.08. The van der Waals surface area contributed by atoms with E-state index in [1.54, 1.807) is 12.1 Å². The molecule has 0 aliphatic heterocycles. The van der Waals surface area contributed by atoms with Crippen molar-refractivity contribution in [1.29, 1.82) is 0 Å². The number of nitrogens with zero attached hydrogens (tertiary/aromatic N) is 1. The number of hydrogen-bond acceptors (Lipinski definition) is 4. The molecule has 1 atom stereocenters. The minimum atomic E-state index is -1.02. The summed E-state index contributed by atoms with van der Waals surface area (Å²) in [6.07, 6.45) is 0.665. The Balaban J connectivity index is 2.54. The Kier molecular flexibility index (Phi) is 4.88. The molecule has 0 spiro atoms. The molecule has 0 saturated heterocycles. The van der Waals surface area contributed by atoms with Crippen LogP contribution in [0.1, 0.15) is 29.5 Å². The van der Waals surface area contributed by atoms with Crippen LogP contribution in [0.25, 0.3) is 0 Å². The summed E-state index contributed by atoms with van der Waals surface area (Å²) in [5, 5.41) is 20.6. The molecule has 1 aromatic rings. The molecule has 0 saturated carbocycles. The summed E-state index contributed by atoms with van der Waals surface area (Å²) in [5.74, 6) is -1.02. The number of pyridine rings is 1. The third-order valence-corrected chi connectivity index (χ3v) is 2.22. The van der Waals surface area contributed by atoms with E-state index in [-0.39, 0.29) is 18.3 Å². The summed E-state index contributed by atoms with van der Waals surface area (Å²) in [4.78, 5) is 14.7. The minimum Gasteiger partial charge on any atom is -0.477 e. The van der Waals surface area contributed by atoms with E-state index in [4.69, 9.17) is 10.2 Å². The highest BCUT2D eigenvalue weighted by molar-refractivity contribution is 5.85. The first-order valence-electron chi connectivity index (χ1n) is 5.17. The lowest BCUT2D eigenvalue weighted by Crippen LogP contribution is -2.26. The molecule has 1 rings (SSSR count). The normalized spacial score (nSPS) is 12.4. The fourth-order valence-electron chi connectivity index (χ4n) is 1.27. The van der Waals surface area contributed by atoms with Crippen LogP contribution in [0.3, 0.4) is 0 Å². The number of carbonyl (C=O) groups is 1. The van der Waals surface area contributed by atoms with E-state index in [1.165, 1.54) is 6.07 Å². The lowest BCUT2D eigenvalue weighted by Gasteiger charge is -2.11. The van der Waals surface area contributed by atoms with Crippen LogP contribution < -0.4 is 5.32 Å². The minimum absolute atomic E-state index is 0.0501. The zero-order valence-electron chi connectivity index (χ0n) is 9.18. The number of nitrogens with one attached hydrogen (secondary N) is 1. The molecule has 0 bridgehead atoms. The largest absolute Gasteiger partial charge is 0.477 e. The zero-order chi connectivity index (χ0) is 12.0. The van der Waals surface area contributed by atoms with Crippen molar-refractivity contribution in [1.82, 2.24) is 10.3 Å². The molecule has 5 nitrogen and oxygen atoms in total. The van der Waals surface area contributed by atoms with Crippen LogP contribution in [0.15, 0.2) is 18.2 Å². The number of hydrogen-bond donors (Lipinski definition) is 3. The molecule has 3 N–H and O–H groups in total. The number of aromatic nitrogens is 1. The molecule has 1 heterocycles. The van der Waals surface area contributed by atoms with E-state index in [1.807, 2.05) is 6.92 Å². The lowest BCUT2D eigenvalue weighted by atomic mass is 10.2. The van der Waals surface area contributed by atoms with Gasteiger partial charge in [0.2, 0.25) is 0 Å². The van der Waals surface area contributed by atoms with E-state index >= 15 is 0 Å². The van der Waals surface area contributed by atoms with Crippen LogP contribution in [0.2, 0.25) is 0 Å². The van der Waals surface area contributed by atoms with Crippen LogP contribution >= 0.6 is 0 Å². The van der Waals surface area contributed by atoms with Crippen LogP contribution in [0.4, 0.5) is 0 Å². The van der Waals surface area contributed by atoms with Crippen molar-refractivity contribution in [3.05, 3.63) is 29.6 Å². The van der Waals surface area contributed by atoms with Gasteiger partial charge < -0.3 is 15.5 Å². The Morgan fingerprint density at radius 1 is 1.56 bits per heavy atom. The molecule has 16 heavy (non-hydrogen) atoms. The second kappa shape index (κ2) is 6.19. The van der Waals surface area contributed by atoms with E-state index in [2.05, 4.69) is 10.3 Å². The Hall–Kier alpha value is -1.46. The SMILES string of the molecule is CC(CCO)NCc1cccc(C(=O)O)n1. The first kappa shape index (κ1) is 12.6. The van der Waals surface area contributed by atoms with Gasteiger partial charge in [-0.15, -0.1) is 0 Å². The Morgan fingerprint density at radius 3 is 2.94 bits per heavy atom. The maximum absolute atomic E-state index is 10.7. The van der Waals surface area contributed by atoms with Gasteiger partial charge in [0.25, 0.3) is 0 Å². The molecule has 0 aliphatic carbocycles. The van der Waals surface area contributed by atoms with Gasteiger partial charge in [0.1, 0.15) is 5.69 Å². The summed E-state index contributed by atoms with van der Waals surface area (Å²) in [6.45, 7) is 2.59. The van der Waals surface area contributed by atoms with Crippen molar-refractivity contribution in [3.8, 4) is 0 Å². The molecule has 5 heteroatoms. The van der Waals surface area contributed by atoms with Crippen LogP contribution in [-0.4, -0.2) is 33.8 Å². The number of aliphatic hydroxyl groups is 1. The number of carboxylic acid groups (broad SMARTS) is 1. The van der Waals surface area contributed by atoms with E-state index in [9.17, 15) is 4.79 Å². The van der Waals surface area contributed by atoms with Gasteiger partial charge in [-0.1, -0.05) is 6.07 Å². The number of rotatable bonds is 6. The van der Waals surface area contributed by atoms with E-state index < -0.39 is 5.97 Å². The second-order valence-corrected chi connectivity index (χ2v) is 3.61. The van der Waals surface area contributed by atoms with Crippen LogP contribution in [0, 0.1) is 0 Å². The van der Waals surface area contributed by atoms with Crippen molar-refractivity contribution < 1.29 is 15.0 Å². The lowest BCUT2D eigenvalue weighted by molar-refractivity contribution is 0.0690. The fourth-order valence-corrected chi connectivity index (χ4v) is 1.27. The molecular formula is C11H16N2O3. The highest BCUT2D eigenvalue weighted by Gasteiger charge is 2.06. The molecule has 88 valence electrons. The van der Waals surface area contributed by atoms with Crippen molar-refractivity contribution in [2.75, 3.05) is 6.61 Å². The van der Waals surface area contributed by atoms with Gasteiger partial charge in [0.05, 0.1) is 5.69 Å². The number of aliphatic hydroxyl groups excluding tert-OH is 1. The third-order valence-electron chi connectivity index (χ3n) is 2.22. The molecule has 0 fully saturated rings.